The first-order chi connectivity index (χ1) is 12.8. The van der Waals surface area contributed by atoms with Crippen molar-refractivity contribution in [3.63, 3.8) is 0 Å². The third-order valence-electron chi connectivity index (χ3n) is 4.90. The second-order valence-corrected chi connectivity index (χ2v) is 9.16. The summed E-state index contributed by atoms with van der Waals surface area (Å²) in [5, 5.41) is 2.86. The van der Waals surface area contributed by atoms with Gasteiger partial charge in [0.25, 0.3) is 0 Å². The molecule has 0 fully saturated rings. The van der Waals surface area contributed by atoms with Crippen LogP contribution in [0.4, 0.5) is 11.4 Å². The first-order valence-corrected chi connectivity index (χ1v) is 10.4. The highest BCUT2D eigenvalue weighted by Gasteiger charge is 2.24. The van der Waals surface area contributed by atoms with Crippen LogP contribution in [-0.4, -0.2) is 45.3 Å². The first kappa shape index (κ1) is 19.4. The first-order valence-electron chi connectivity index (χ1n) is 8.96. The second kappa shape index (κ2) is 7.70. The minimum absolute atomic E-state index is 0.123. The standard InChI is InChI=1S/C20H25N3O3S/c1-15-8-9-16-6-4-5-7-19(16)23(15)14-20(24)21-17-10-12-18(13-11-17)27(25,26)22(2)3/h4-7,10-13,15H,8-9,14H2,1-3H3,(H,21,24). The van der Waals surface area contributed by atoms with Crippen molar-refractivity contribution in [1.82, 2.24) is 4.31 Å². The highest BCUT2D eigenvalue weighted by Crippen LogP contribution is 2.30. The zero-order valence-electron chi connectivity index (χ0n) is 15.8. The monoisotopic (exact) mass is 387 g/mol. The van der Waals surface area contributed by atoms with Crippen LogP contribution in [0.1, 0.15) is 18.9 Å². The van der Waals surface area contributed by atoms with Crippen molar-refractivity contribution >= 4 is 27.3 Å². The fourth-order valence-electron chi connectivity index (χ4n) is 3.28. The minimum atomic E-state index is -3.47. The number of fused-ring (bicyclic) bond motifs is 1. The van der Waals surface area contributed by atoms with Gasteiger partial charge >= 0.3 is 0 Å². The Bertz CT molecular complexity index is 924. The smallest absolute Gasteiger partial charge is 0.243 e. The molecular formula is C20H25N3O3S. The summed E-state index contributed by atoms with van der Waals surface area (Å²) < 4.78 is 25.4. The Morgan fingerprint density at radius 2 is 1.81 bits per heavy atom. The molecule has 0 saturated carbocycles. The lowest BCUT2D eigenvalue weighted by atomic mass is 9.96. The van der Waals surface area contributed by atoms with E-state index in [0.717, 1.165) is 22.8 Å². The molecule has 1 unspecified atom stereocenters. The van der Waals surface area contributed by atoms with E-state index in [4.69, 9.17) is 0 Å². The van der Waals surface area contributed by atoms with E-state index in [1.165, 1.54) is 31.8 Å². The van der Waals surface area contributed by atoms with Gasteiger partial charge in [-0.3, -0.25) is 4.79 Å². The molecule has 0 aromatic heterocycles. The molecule has 0 bridgehead atoms. The molecule has 1 amide bonds. The molecule has 0 radical (unpaired) electrons. The summed E-state index contributed by atoms with van der Waals surface area (Å²) in [6.45, 7) is 2.39. The second-order valence-electron chi connectivity index (χ2n) is 7.00. The third kappa shape index (κ3) is 4.14. The maximum atomic E-state index is 12.5. The van der Waals surface area contributed by atoms with Gasteiger partial charge in [0.15, 0.2) is 0 Å². The predicted octanol–water partition coefficient (Wildman–Crippen LogP) is 2.72. The van der Waals surface area contributed by atoms with E-state index in [1.807, 2.05) is 12.1 Å². The minimum Gasteiger partial charge on any atom is -0.359 e. The Morgan fingerprint density at radius 3 is 2.48 bits per heavy atom. The van der Waals surface area contributed by atoms with Crippen LogP contribution in [0.2, 0.25) is 0 Å². The molecule has 2 aromatic carbocycles. The van der Waals surface area contributed by atoms with Crippen LogP contribution in [0.3, 0.4) is 0 Å². The van der Waals surface area contributed by atoms with Crippen molar-refractivity contribution in [1.29, 1.82) is 0 Å². The molecule has 3 rings (SSSR count). The molecular weight excluding hydrogens is 362 g/mol. The summed E-state index contributed by atoms with van der Waals surface area (Å²) in [4.78, 5) is 14.9. The van der Waals surface area contributed by atoms with Gasteiger partial charge in [-0.25, -0.2) is 12.7 Å². The number of aryl methyl sites for hydroxylation is 1. The molecule has 6 nitrogen and oxygen atoms in total. The molecule has 1 N–H and O–H groups in total. The molecule has 2 aromatic rings. The van der Waals surface area contributed by atoms with Gasteiger partial charge in [0.1, 0.15) is 0 Å². The van der Waals surface area contributed by atoms with Gasteiger partial charge in [-0.05, 0) is 55.7 Å². The number of sulfonamides is 1. The van der Waals surface area contributed by atoms with Gasteiger partial charge in [-0.1, -0.05) is 18.2 Å². The van der Waals surface area contributed by atoms with Crippen molar-refractivity contribution in [3.05, 3.63) is 54.1 Å². The highest BCUT2D eigenvalue weighted by molar-refractivity contribution is 7.89. The Labute approximate surface area is 160 Å². The molecule has 1 heterocycles. The van der Waals surface area contributed by atoms with E-state index in [-0.39, 0.29) is 17.3 Å². The SMILES string of the molecule is CC1CCc2ccccc2N1CC(=O)Nc1ccc(S(=O)(=O)N(C)C)cc1. The Kier molecular flexibility index (Phi) is 5.53. The van der Waals surface area contributed by atoms with Crippen molar-refractivity contribution in [2.75, 3.05) is 30.9 Å². The highest BCUT2D eigenvalue weighted by atomic mass is 32.2. The van der Waals surface area contributed by atoms with E-state index in [2.05, 4.69) is 29.3 Å². The van der Waals surface area contributed by atoms with E-state index in [9.17, 15) is 13.2 Å². The lowest BCUT2D eigenvalue weighted by Gasteiger charge is -2.36. The van der Waals surface area contributed by atoms with Crippen LogP contribution >= 0.6 is 0 Å². The summed E-state index contributed by atoms with van der Waals surface area (Å²) >= 11 is 0. The third-order valence-corrected chi connectivity index (χ3v) is 6.72. The number of amides is 1. The van der Waals surface area contributed by atoms with Gasteiger partial charge < -0.3 is 10.2 Å². The van der Waals surface area contributed by atoms with Gasteiger partial charge in [0.05, 0.1) is 11.4 Å². The van der Waals surface area contributed by atoms with Crippen LogP contribution < -0.4 is 10.2 Å². The van der Waals surface area contributed by atoms with Crippen LogP contribution in [0.5, 0.6) is 0 Å². The molecule has 1 aliphatic heterocycles. The number of hydrogen-bond donors (Lipinski definition) is 1. The van der Waals surface area contributed by atoms with Crippen molar-refractivity contribution in [2.45, 2.75) is 30.7 Å². The summed E-state index contributed by atoms with van der Waals surface area (Å²) in [5.74, 6) is -0.123. The maximum Gasteiger partial charge on any atom is 0.243 e. The number of carbonyl (C=O) groups is 1. The van der Waals surface area contributed by atoms with Crippen LogP contribution in [0.15, 0.2) is 53.4 Å². The largest absolute Gasteiger partial charge is 0.359 e. The van der Waals surface area contributed by atoms with Crippen molar-refractivity contribution in [3.8, 4) is 0 Å². The molecule has 0 aliphatic carbocycles. The Morgan fingerprint density at radius 1 is 1.15 bits per heavy atom. The number of carbonyl (C=O) groups excluding carboxylic acids is 1. The molecule has 0 spiro atoms. The fourth-order valence-corrected chi connectivity index (χ4v) is 4.18. The summed E-state index contributed by atoms with van der Waals surface area (Å²) in [7, 11) is -0.496. The average molecular weight is 388 g/mol. The Hall–Kier alpha value is -2.38. The van der Waals surface area contributed by atoms with E-state index in [0.29, 0.717) is 11.7 Å². The zero-order chi connectivity index (χ0) is 19.6. The molecule has 0 saturated heterocycles. The van der Waals surface area contributed by atoms with Crippen LogP contribution in [0.25, 0.3) is 0 Å². The molecule has 144 valence electrons. The summed E-state index contributed by atoms with van der Waals surface area (Å²) in [6, 6.07) is 14.7. The van der Waals surface area contributed by atoms with Crippen molar-refractivity contribution in [2.24, 2.45) is 0 Å². The molecule has 7 heteroatoms. The van der Waals surface area contributed by atoms with E-state index in [1.54, 1.807) is 12.1 Å². The number of para-hydroxylation sites is 1. The lowest BCUT2D eigenvalue weighted by molar-refractivity contribution is -0.115. The van der Waals surface area contributed by atoms with Gasteiger partial charge in [0, 0.05) is 31.5 Å². The average Bonchev–Trinajstić information content (AvgIpc) is 2.64. The molecule has 27 heavy (non-hydrogen) atoms. The van der Waals surface area contributed by atoms with Crippen LogP contribution in [0, 0.1) is 0 Å². The van der Waals surface area contributed by atoms with Crippen LogP contribution in [-0.2, 0) is 21.2 Å². The molecule has 1 aliphatic rings. The normalized spacial score (nSPS) is 16.9. The number of anilines is 2. The van der Waals surface area contributed by atoms with Crippen molar-refractivity contribution < 1.29 is 13.2 Å². The summed E-state index contributed by atoms with van der Waals surface area (Å²) in [5.41, 5.74) is 2.95. The number of rotatable bonds is 5. The van der Waals surface area contributed by atoms with Gasteiger partial charge in [-0.2, -0.15) is 0 Å². The summed E-state index contributed by atoms with van der Waals surface area (Å²) in [6.07, 6.45) is 2.04. The fraction of sp³-hybridized carbons (Fsp3) is 0.350. The number of nitrogens with zero attached hydrogens (tertiary/aromatic N) is 2. The number of nitrogens with one attached hydrogen (secondary N) is 1. The number of benzene rings is 2. The van der Waals surface area contributed by atoms with Gasteiger partial charge in [0.2, 0.25) is 15.9 Å². The topological polar surface area (TPSA) is 69.7 Å². The lowest BCUT2D eigenvalue weighted by Crippen LogP contribution is -2.42. The van der Waals surface area contributed by atoms with E-state index < -0.39 is 10.0 Å². The quantitative estimate of drug-likeness (QED) is 0.856. The van der Waals surface area contributed by atoms with E-state index >= 15 is 0 Å². The zero-order valence-corrected chi connectivity index (χ0v) is 16.7. The predicted molar refractivity (Wildman–Crippen MR) is 108 cm³/mol. The number of hydrogen-bond acceptors (Lipinski definition) is 4. The maximum absolute atomic E-state index is 12.5. The Balaban J connectivity index is 1.70. The van der Waals surface area contributed by atoms with Gasteiger partial charge in [-0.15, -0.1) is 0 Å². The molecule has 1 atom stereocenters.